The smallest absolute Gasteiger partial charge is 0.456 e. The Labute approximate surface area is 214 Å². The molecule has 3 rings (SSSR count). The van der Waals surface area contributed by atoms with Gasteiger partial charge in [0.05, 0.1) is 29.6 Å². The number of aromatic nitrogens is 2. The first kappa shape index (κ1) is 29.6. The molecule has 1 aliphatic rings. The highest BCUT2D eigenvalue weighted by Gasteiger charge is 2.58. The number of rotatable bonds is 10. The molecule has 38 heavy (non-hydrogen) atoms. The molecule has 0 bridgehead atoms. The number of likely N-dealkylation sites (tertiary alicyclic amines) is 1. The van der Waals surface area contributed by atoms with Crippen LogP contribution in [-0.2, 0) is 19.4 Å². The van der Waals surface area contributed by atoms with Gasteiger partial charge in [0.15, 0.2) is 21.2 Å². The zero-order valence-corrected chi connectivity index (χ0v) is 20.9. The Hall–Kier alpha value is -2.95. The van der Waals surface area contributed by atoms with E-state index in [1.54, 1.807) is 0 Å². The number of benzene rings is 1. The van der Waals surface area contributed by atoms with Crippen LogP contribution in [0.5, 0.6) is 5.88 Å². The highest BCUT2D eigenvalue weighted by molar-refractivity contribution is 7.93. The summed E-state index contributed by atoms with van der Waals surface area (Å²) in [5, 5.41) is 9.29. The van der Waals surface area contributed by atoms with E-state index in [9.17, 15) is 40.4 Å². The lowest BCUT2D eigenvalue weighted by atomic mass is 9.95. The third kappa shape index (κ3) is 6.03. The number of alkyl halides is 5. The van der Waals surface area contributed by atoms with Crippen LogP contribution < -0.4 is 10.2 Å². The van der Waals surface area contributed by atoms with E-state index in [1.165, 1.54) is 36.9 Å². The zero-order valence-electron chi connectivity index (χ0n) is 20.0. The zero-order chi connectivity index (χ0) is 28.2. The van der Waals surface area contributed by atoms with Crippen LogP contribution in [0.15, 0.2) is 41.6 Å². The number of nitrogens with zero attached hydrogens (tertiary/aromatic N) is 3. The molecule has 0 saturated carbocycles. The number of piperidine rings is 1. The summed E-state index contributed by atoms with van der Waals surface area (Å²) in [7, 11) is -2.73. The van der Waals surface area contributed by atoms with E-state index in [2.05, 4.69) is 14.7 Å². The molecule has 10 nitrogen and oxygen atoms in total. The van der Waals surface area contributed by atoms with Crippen molar-refractivity contribution in [3.05, 3.63) is 36.7 Å². The number of amides is 1. The van der Waals surface area contributed by atoms with Crippen LogP contribution in [-0.4, -0.2) is 91.2 Å². The van der Waals surface area contributed by atoms with Crippen LogP contribution >= 0.6 is 0 Å². The fourth-order valence-corrected chi connectivity index (χ4v) is 5.85. The molecule has 210 valence electrons. The van der Waals surface area contributed by atoms with Crippen molar-refractivity contribution in [3.8, 4) is 17.1 Å². The van der Waals surface area contributed by atoms with Gasteiger partial charge < -0.3 is 14.4 Å². The third-order valence-electron chi connectivity index (χ3n) is 6.21. The molecule has 2 N–H and O–H groups in total. The van der Waals surface area contributed by atoms with Crippen molar-refractivity contribution in [2.45, 2.75) is 34.6 Å². The van der Waals surface area contributed by atoms with E-state index in [4.69, 9.17) is 4.74 Å². The molecule has 0 unspecified atom stereocenters. The van der Waals surface area contributed by atoms with Crippen LogP contribution in [0.1, 0.15) is 12.8 Å². The maximum atomic E-state index is 13.5. The first-order chi connectivity index (χ1) is 17.8. The Kier molecular flexibility index (Phi) is 8.90. The average molecular weight is 569 g/mol. The Balaban J connectivity index is 1.76. The van der Waals surface area contributed by atoms with Gasteiger partial charge in [0.25, 0.3) is 5.91 Å². The molecule has 0 spiro atoms. The molecular weight excluding hydrogens is 543 g/mol. The summed E-state index contributed by atoms with van der Waals surface area (Å²) in [6.07, 6.45) is -3.99. The number of methoxy groups -OCH3 is 1. The van der Waals surface area contributed by atoms with Gasteiger partial charge in [0.1, 0.15) is 0 Å². The molecule has 1 saturated heterocycles. The molecule has 1 aromatic heterocycles. The minimum atomic E-state index is -5.78. The van der Waals surface area contributed by atoms with E-state index >= 15 is 0 Å². The molecule has 0 radical (unpaired) electrons. The summed E-state index contributed by atoms with van der Waals surface area (Å²) in [5.41, 5.74) is 1.98. The van der Waals surface area contributed by atoms with Crippen LogP contribution in [0.4, 0.5) is 22.0 Å². The van der Waals surface area contributed by atoms with Crippen molar-refractivity contribution in [2.24, 2.45) is 0 Å². The molecular formula is C22H25F5N4O6S. The van der Waals surface area contributed by atoms with E-state index in [1.807, 2.05) is 4.90 Å². The third-order valence-corrected chi connectivity index (χ3v) is 8.72. The van der Waals surface area contributed by atoms with E-state index in [0.717, 1.165) is 12.4 Å². The fraction of sp³-hybridized carbons (Fsp3) is 0.500. The lowest BCUT2D eigenvalue weighted by Gasteiger charge is -2.39. The van der Waals surface area contributed by atoms with E-state index in [-0.39, 0.29) is 36.5 Å². The van der Waals surface area contributed by atoms with Gasteiger partial charge in [0, 0.05) is 32.3 Å². The standard InChI is InChI=1S/C22H25F5N4O6S/c1-36-11-10-31-8-6-20(7-9-31,19(32)30-33)38(34,35)16-4-2-15(3-5-16)17-12-29-18(13-28-17)37-14-21(23,24)22(25,26)27/h2-5,12-13,33H,6-11,14H2,1H3,(H,30,32). The number of sulfone groups is 1. The molecule has 1 amide bonds. The molecule has 2 aromatic rings. The maximum Gasteiger partial charge on any atom is 0.456 e. The summed E-state index contributed by atoms with van der Waals surface area (Å²) in [4.78, 5) is 21.9. The fourth-order valence-electron chi connectivity index (χ4n) is 3.89. The van der Waals surface area contributed by atoms with Crippen LogP contribution in [0.2, 0.25) is 0 Å². The van der Waals surface area contributed by atoms with Gasteiger partial charge in [-0.05, 0) is 25.0 Å². The number of halogens is 5. The second-order valence-electron chi connectivity index (χ2n) is 8.53. The Bertz CT molecular complexity index is 1200. The van der Waals surface area contributed by atoms with Crippen molar-refractivity contribution in [1.29, 1.82) is 0 Å². The predicted molar refractivity (Wildman–Crippen MR) is 121 cm³/mol. The molecule has 0 aliphatic carbocycles. The summed E-state index contributed by atoms with van der Waals surface area (Å²) in [6.45, 7) is -0.411. The number of nitrogens with one attached hydrogen (secondary N) is 1. The molecule has 0 atom stereocenters. The average Bonchev–Trinajstić information content (AvgIpc) is 2.90. The highest BCUT2D eigenvalue weighted by atomic mass is 32.2. The van der Waals surface area contributed by atoms with Gasteiger partial charge in [-0.15, -0.1) is 0 Å². The van der Waals surface area contributed by atoms with Gasteiger partial charge in [-0.1, -0.05) is 12.1 Å². The highest BCUT2D eigenvalue weighted by Crippen LogP contribution is 2.37. The summed E-state index contributed by atoms with van der Waals surface area (Å²) in [6, 6.07) is 5.22. The first-order valence-electron chi connectivity index (χ1n) is 11.2. The maximum absolute atomic E-state index is 13.5. The van der Waals surface area contributed by atoms with Crippen molar-refractivity contribution >= 4 is 15.7 Å². The van der Waals surface area contributed by atoms with Crippen molar-refractivity contribution in [3.63, 3.8) is 0 Å². The van der Waals surface area contributed by atoms with E-state index in [0.29, 0.717) is 18.7 Å². The lowest BCUT2D eigenvalue weighted by Crippen LogP contribution is -2.58. The van der Waals surface area contributed by atoms with Gasteiger partial charge in [0.2, 0.25) is 5.88 Å². The number of ether oxygens (including phenoxy) is 2. The van der Waals surface area contributed by atoms with Crippen molar-refractivity contribution in [2.75, 3.05) is 40.0 Å². The Morgan fingerprint density at radius 2 is 1.74 bits per heavy atom. The topological polar surface area (TPSA) is 131 Å². The van der Waals surface area contributed by atoms with Crippen LogP contribution in [0.25, 0.3) is 11.3 Å². The predicted octanol–water partition coefficient (Wildman–Crippen LogP) is 2.48. The monoisotopic (exact) mass is 568 g/mol. The Morgan fingerprint density at radius 3 is 2.24 bits per heavy atom. The molecule has 2 heterocycles. The second-order valence-corrected chi connectivity index (χ2v) is 10.8. The number of carbonyl (C=O) groups is 1. The molecule has 1 fully saturated rings. The summed E-state index contributed by atoms with van der Waals surface area (Å²) < 4.78 is 97.4. The number of hydrogen-bond donors (Lipinski definition) is 2. The lowest BCUT2D eigenvalue weighted by molar-refractivity contribution is -0.290. The second kappa shape index (κ2) is 11.4. The van der Waals surface area contributed by atoms with Crippen molar-refractivity contribution < 1.29 is 49.8 Å². The quantitative estimate of drug-likeness (QED) is 0.252. The molecule has 16 heteroatoms. The SMILES string of the molecule is COCCN1CCC(C(=O)NO)(S(=O)(=O)c2ccc(-c3cnc(OCC(F)(F)C(F)(F)F)cn3)cc2)CC1. The molecule has 1 aliphatic heterocycles. The minimum absolute atomic E-state index is 0.0620. The summed E-state index contributed by atoms with van der Waals surface area (Å²) >= 11 is 0. The minimum Gasteiger partial charge on any atom is -0.470 e. The van der Waals surface area contributed by atoms with Gasteiger partial charge in [-0.3, -0.25) is 10.0 Å². The number of hydroxylamine groups is 1. The number of carbonyl (C=O) groups excluding carboxylic acids is 1. The van der Waals surface area contributed by atoms with Crippen molar-refractivity contribution in [1.82, 2.24) is 20.3 Å². The van der Waals surface area contributed by atoms with Crippen LogP contribution in [0, 0.1) is 0 Å². The number of hydrogen-bond acceptors (Lipinski definition) is 9. The normalized spacial score (nSPS) is 16.7. The van der Waals surface area contributed by atoms with E-state index < -0.39 is 45.1 Å². The van der Waals surface area contributed by atoms with Gasteiger partial charge in [-0.2, -0.15) is 22.0 Å². The van der Waals surface area contributed by atoms with Crippen LogP contribution in [0.3, 0.4) is 0 Å². The Morgan fingerprint density at radius 1 is 1.11 bits per heavy atom. The van der Waals surface area contributed by atoms with Gasteiger partial charge in [-0.25, -0.2) is 23.9 Å². The first-order valence-corrected chi connectivity index (χ1v) is 12.7. The van der Waals surface area contributed by atoms with Gasteiger partial charge >= 0.3 is 12.1 Å². The summed E-state index contributed by atoms with van der Waals surface area (Å²) in [5.74, 6) is -6.67. The largest absolute Gasteiger partial charge is 0.470 e. The molecule has 1 aromatic carbocycles.